The maximum Gasteiger partial charge on any atom is 0.274 e. The Morgan fingerprint density at radius 1 is 1.47 bits per heavy atom. The van der Waals surface area contributed by atoms with Gasteiger partial charge in [0.2, 0.25) is 0 Å². The number of hydrazine groups is 1. The smallest absolute Gasteiger partial charge is 0.274 e. The third-order valence-corrected chi connectivity index (χ3v) is 2.10. The number of aryl methyl sites for hydroxylation is 1. The molecule has 0 heterocycles. The fourth-order valence-corrected chi connectivity index (χ4v) is 1.20. The summed E-state index contributed by atoms with van der Waals surface area (Å²) in [6, 6.07) is 7.54. The van der Waals surface area contributed by atoms with Crippen LogP contribution in [0.2, 0.25) is 0 Å². The van der Waals surface area contributed by atoms with E-state index in [1.54, 1.807) is 0 Å². The van der Waals surface area contributed by atoms with Crippen LogP contribution in [-0.2, 0) is 4.79 Å². The molecule has 1 rings (SSSR count). The SMILES string of the molecule is CCC(Oc1ccc(C)cc1)C(=O)NN. The lowest BCUT2D eigenvalue weighted by Crippen LogP contribution is -2.41. The fourth-order valence-electron chi connectivity index (χ4n) is 1.20. The van der Waals surface area contributed by atoms with Crippen LogP contribution >= 0.6 is 0 Å². The summed E-state index contributed by atoms with van der Waals surface area (Å²) in [5.74, 6) is 5.42. The van der Waals surface area contributed by atoms with Crippen molar-refractivity contribution in [3.63, 3.8) is 0 Å². The molecule has 1 unspecified atom stereocenters. The molecule has 0 bridgehead atoms. The molecule has 3 N–H and O–H groups in total. The monoisotopic (exact) mass is 208 g/mol. The van der Waals surface area contributed by atoms with E-state index >= 15 is 0 Å². The number of hydrogen-bond donors (Lipinski definition) is 2. The first-order valence-electron chi connectivity index (χ1n) is 4.91. The number of rotatable bonds is 4. The van der Waals surface area contributed by atoms with Gasteiger partial charge < -0.3 is 4.74 Å². The van der Waals surface area contributed by atoms with Crippen molar-refractivity contribution >= 4 is 5.91 Å². The Morgan fingerprint density at radius 3 is 2.53 bits per heavy atom. The van der Waals surface area contributed by atoms with Gasteiger partial charge in [0, 0.05) is 0 Å². The van der Waals surface area contributed by atoms with E-state index in [0.29, 0.717) is 12.2 Å². The lowest BCUT2D eigenvalue weighted by Gasteiger charge is -2.15. The quantitative estimate of drug-likeness (QED) is 0.443. The second kappa shape index (κ2) is 5.36. The van der Waals surface area contributed by atoms with Gasteiger partial charge in [0.1, 0.15) is 5.75 Å². The molecule has 0 radical (unpaired) electrons. The van der Waals surface area contributed by atoms with Gasteiger partial charge in [0.25, 0.3) is 5.91 Å². The molecule has 1 amide bonds. The molecule has 4 nitrogen and oxygen atoms in total. The number of carbonyl (C=O) groups is 1. The van der Waals surface area contributed by atoms with E-state index in [2.05, 4.69) is 5.43 Å². The van der Waals surface area contributed by atoms with Crippen molar-refractivity contribution in [3.05, 3.63) is 29.8 Å². The van der Waals surface area contributed by atoms with Crippen molar-refractivity contribution in [1.82, 2.24) is 5.43 Å². The average molecular weight is 208 g/mol. The first kappa shape index (κ1) is 11.5. The van der Waals surface area contributed by atoms with Gasteiger partial charge in [-0.25, -0.2) is 5.84 Å². The van der Waals surface area contributed by atoms with E-state index in [0.717, 1.165) is 5.56 Å². The lowest BCUT2D eigenvalue weighted by molar-refractivity contribution is -0.128. The number of amides is 1. The third-order valence-electron chi connectivity index (χ3n) is 2.10. The number of hydrogen-bond acceptors (Lipinski definition) is 3. The Balaban J connectivity index is 2.66. The molecule has 4 heteroatoms. The standard InChI is InChI=1S/C11H16N2O2/c1-3-10(11(14)13-12)15-9-6-4-8(2)5-7-9/h4-7,10H,3,12H2,1-2H3,(H,13,14). The van der Waals surface area contributed by atoms with Gasteiger partial charge in [0.05, 0.1) is 0 Å². The van der Waals surface area contributed by atoms with E-state index in [4.69, 9.17) is 10.6 Å². The zero-order valence-electron chi connectivity index (χ0n) is 8.99. The van der Waals surface area contributed by atoms with Gasteiger partial charge >= 0.3 is 0 Å². The molecule has 0 saturated carbocycles. The summed E-state index contributed by atoms with van der Waals surface area (Å²) in [7, 11) is 0. The molecule has 0 aliphatic carbocycles. The van der Waals surface area contributed by atoms with Crippen LogP contribution in [0.3, 0.4) is 0 Å². The Hall–Kier alpha value is -1.55. The van der Waals surface area contributed by atoms with E-state index in [1.165, 1.54) is 0 Å². The summed E-state index contributed by atoms with van der Waals surface area (Å²) < 4.78 is 5.48. The first-order chi connectivity index (χ1) is 7.17. The lowest BCUT2D eigenvalue weighted by atomic mass is 10.2. The van der Waals surface area contributed by atoms with Crippen LogP contribution in [0.4, 0.5) is 0 Å². The van der Waals surface area contributed by atoms with Crippen molar-refractivity contribution in [2.75, 3.05) is 0 Å². The summed E-state index contributed by atoms with van der Waals surface area (Å²) in [5.41, 5.74) is 3.24. The molecule has 0 aliphatic rings. The van der Waals surface area contributed by atoms with Gasteiger partial charge in [0.15, 0.2) is 6.10 Å². The minimum atomic E-state index is -0.530. The highest BCUT2D eigenvalue weighted by Crippen LogP contribution is 2.14. The van der Waals surface area contributed by atoms with Gasteiger partial charge in [-0.1, -0.05) is 24.6 Å². The summed E-state index contributed by atoms with van der Waals surface area (Å²) >= 11 is 0. The Kier molecular flexibility index (Phi) is 4.12. The van der Waals surface area contributed by atoms with Gasteiger partial charge in [-0.05, 0) is 25.5 Å². The average Bonchev–Trinajstić information content (AvgIpc) is 2.27. The molecule has 15 heavy (non-hydrogen) atoms. The first-order valence-corrected chi connectivity index (χ1v) is 4.91. The van der Waals surface area contributed by atoms with Gasteiger partial charge in [-0.2, -0.15) is 0 Å². The predicted octanol–water partition coefficient (Wildman–Crippen LogP) is 1.14. The zero-order valence-corrected chi connectivity index (χ0v) is 8.99. The Labute approximate surface area is 89.4 Å². The van der Waals surface area contributed by atoms with E-state index < -0.39 is 6.10 Å². The molecule has 82 valence electrons. The minimum absolute atomic E-state index is 0.307. The second-order valence-electron chi connectivity index (χ2n) is 3.34. The van der Waals surface area contributed by atoms with Crippen molar-refractivity contribution in [2.45, 2.75) is 26.4 Å². The summed E-state index contributed by atoms with van der Waals surface area (Å²) in [6.45, 7) is 3.86. The van der Waals surface area contributed by atoms with Crippen LogP contribution < -0.4 is 16.0 Å². The molecule has 0 aliphatic heterocycles. The Bertz CT molecular complexity index is 322. The van der Waals surface area contributed by atoms with E-state index in [-0.39, 0.29) is 5.91 Å². The summed E-state index contributed by atoms with van der Waals surface area (Å²) in [6.07, 6.45) is 0.0504. The van der Waals surface area contributed by atoms with E-state index in [9.17, 15) is 4.79 Å². The third kappa shape index (κ3) is 3.25. The molecule has 0 fully saturated rings. The topological polar surface area (TPSA) is 64.3 Å². The maximum atomic E-state index is 11.3. The fraction of sp³-hybridized carbons (Fsp3) is 0.364. The van der Waals surface area contributed by atoms with Crippen LogP contribution in [0.5, 0.6) is 5.75 Å². The second-order valence-corrected chi connectivity index (χ2v) is 3.34. The molecular formula is C11H16N2O2. The summed E-state index contributed by atoms with van der Waals surface area (Å²) in [5, 5.41) is 0. The van der Waals surface area contributed by atoms with Crippen LogP contribution in [0, 0.1) is 6.92 Å². The van der Waals surface area contributed by atoms with Crippen molar-refractivity contribution in [1.29, 1.82) is 0 Å². The number of ether oxygens (including phenoxy) is 1. The molecule has 1 atom stereocenters. The minimum Gasteiger partial charge on any atom is -0.481 e. The number of carbonyl (C=O) groups excluding carboxylic acids is 1. The maximum absolute atomic E-state index is 11.3. The molecule has 0 saturated heterocycles. The van der Waals surface area contributed by atoms with E-state index in [1.807, 2.05) is 38.1 Å². The Morgan fingerprint density at radius 2 is 2.07 bits per heavy atom. The number of benzene rings is 1. The highest BCUT2D eigenvalue weighted by atomic mass is 16.5. The number of nitrogens with two attached hydrogens (primary N) is 1. The van der Waals surface area contributed by atoms with Crippen molar-refractivity contribution in [3.8, 4) is 5.75 Å². The predicted molar refractivity (Wildman–Crippen MR) is 58.2 cm³/mol. The zero-order chi connectivity index (χ0) is 11.3. The number of nitrogens with one attached hydrogen (secondary N) is 1. The summed E-state index contributed by atoms with van der Waals surface area (Å²) in [4.78, 5) is 11.3. The molecule has 1 aromatic carbocycles. The van der Waals surface area contributed by atoms with Crippen LogP contribution in [0.25, 0.3) is 0 Å². The van der Waals surface area contributed by atoms with Gasteiger partial charge in [-0.3, -0.25) is 10.2 Å². The van der Waals surface area contributed by atoms with Crippen molar-refractivity contribution < 1.29 is 9.53 Å². The molecular weight excluding hydrogens is 192 g/mol. The normalized spacial score (nSPS) is 11.9. The highest BCUT2D eigenvalue weighted by molar-refractivity contribution is 5.80. The van der Waals surface area contributed by atoms with Crippen LogP contribution in [-0.4, -0.2) is 12.0 Å². The van der Waals surface area contributed by atoms with Crippen LogP contribution in [0.15, 0.2) is 24.3 Å². The molecule has 0 aromatic heterocycles. The molecule has 0 spiro atoms. The largest absolute Gasteiger partial charge is 0.481 e. The highest BCUT2D eigenvalue weighted by Gasteiger charge is 2.16. The van der Waals surface area contributed by atoms with Crippen LogP contribution in [0.1, 0.15) is 18.9 Å². The van der Waals surface area contributed by atoms with Crippen molar-refractivity contribution in [2.24, 2.45) is 5.84 Å². The van der Waals surface area contributed by atoms with Gasteiger partial charge in [-0.15, -0.1) is 0 Å². The molecule has 1 aromatic rings.